The average molecular weight is 264 g/mol. The smallest absolute Gasteiger partial charge is 0.252 e. The van der Waals surface area contributed by atoms with E-state index in [1.54, 1.807) is 18.3 Å². The maximum Gasteiger partial charge on any atom is 0.252 e. The van der Waals surface area contributed by atoms with Crippen molar-refractivity contribution >= 4 is 11.8 Å². The summed E-state index contributed by atoms with van der Waals surface area (Å²) in [5, 5.41) is 5.36. The third kappa shape index (κ3) is 5.05. The number of hydrogen-bond donors (Lipinski definition) is 3. The number of carbonyl (C=O) groups excluding carboxylic acids is 2. The van der Waals surface area contributed by atoms with Crippen molar-refractivity contribution in [3.8, 4) is 0 Å². The van der Waals surface area contributed by atoms with E-state index in [4.69, 9.17) is 5.73 Å². The molecule has 0 bridgehead atoms. The molecule has 0 aromatic carbocycles. The maximum absolute atomic E-state index is 11.6. The fraction of sp³-hybridized carbons (Fsp3) is 0.462. The molecular weight excluding hydrogens is 244 g/mol. The van der Waals surface area contributed by atoms with Crippen molar-refractivity contribution in [1.29, 1.82) is 0 Å². The Labute approximate surface area is 112 Å². The summed E-state index contributed by atoms with van der Waals surface area (Å²) in [6.45, 7) is 4.47. The van der Waals surface area contributed by atoms with Gasteiger partial charge in [-0.3, -0.25) is 14.6 Å². The predicted molar refractivity (Wildman–Crippen MR) is 72.4 cm³/mol. The molecule has 1 atom stereocenters. The number of aromatic nitrogens is 1. The fourth-order valence-electron chi connectivity index (χ4n) is 1.38. The van der Waals surface area contributed by atoms with E-state index in [-0.39, 0.29) is 17.7 Å². The molecule has 0 spiro atoms. The summed E-state index contributed by atoms with van der Waals surface area (Å²) >= 11 is 0. The normalized spacial score (nSPS) is 12.0. The van der Waals surface area contributed by atoms with E-state index in [2.05, 4.69) is 15.6 Å². The summed E-state index contributed by atoms with van der Waals surface area (Å²) in [6, 6.07) is 2.85. The number of hydrogen-bond acceptors (Lipinski definition) is 4. The average Bonchev–Trinajstić information content (AvgIpc) is 2.43. The van der Waals surface area contributed by atoms with Crippen LogP contribution in [0.3, 0.4) is 0 Å². The summed E-state index contributed by atoms with van der Waals surface area (Å²) in [5.41, 5.74) is 6.18. The minimum absolute atomic E-state index is 0.0879. The van der Waals surface area contributed by atoms with Gasteiger partial charge in [-0.05, 0) is 18.1 Å². The second-order valence-electron chi connectivity index (χ2n) is 4.56. The highest BCUT2D eigenvalue weighted by Gasteiger charge is 2.16. The molecule has 0 aliphatic carbocycles. The Balaban J connectivity index is 2.25. The summed E-state index contributed by atoms with van der Waals surface area (Å²) < 4.78 is 0. The Morgan fingerprint density at radius 2 is 2.00 bits per heavy atom. The fourth-order valence-corrected chi connectivity index (χ4v) is 1.38. The van der Waals surface area contributed by atoms with Crippen LogP contribution in [0.5, 0.6) is 0 Å². The van der Waals surface area contributed by atoms with Gasteiger partial charge in [-0.1, -0.05) is 13.8 Å². The lowest BCUT2D eigenvalue weighted by atomic mass is 10.1. The van der Waals surface area contributed by atoms with E-state index in [0.29, 0.717) is 18.7 Å². The topological polar surface area (TPSA) is 97.1 Å². The SMILES string of the molecule is CC(C)[C@H](N)C(=O)NCCNC(=O)c1cccnc1. The number of nitrogens with two attached hydrogens (primary N) is 1. The van der Waals surface area contributed by atoms with Gasteiger partial charge in [0.05, 0.1) is 11.6 Å². The molecule has 1 rings (SSSR count). The molecule has 6 heteroatoms. The monoisotopic (exact) mass is 264 g/mol. The van der Waals surface area contributed by atoms with Crippen molar-refractivity contribution in [2.45, 2.75) is 19.9 Å². The van der Waals surface area contributed by atoms with E-state index >= 15 is 0 Å². The van der Waals surface area contributed by atoms with Crippen molar-refractivity contribution in [2.75, 3.05) is 13.1 Å². The van der Waals surface area contributed by atoms with Crippen LogP contribution in [0.15, 0.2) is 24.5 Å². The van der Waals surface area contributed by atoms with Crippen molar-refractivity contribution in [2.24, 2.45) is 11.7 Å². The lowest BCUT2D eigenvalue weighted by Crippen LogP contribution is -2.46. The van der Waals surface area contributed by atoms with E-state index < -0.39 is 6.04 Å². The Bertz CT molecular complexity index is 420. The van der Waals surface area contributed by atoms with Gasteiger partial charge in [0.2, 0.25) is 5.91 Å². The number of nitrogens with zero attached hydrogens (tertiary/aromatic N) is 1. The first-order chi connectivity index (χ1) is 9.02. The van der Waals surface area contributed by atoms with Crippen LogP contribution in [0.4, 0.5) is 0 Å². The molecule has 0 radical (unpaired) electrons. The lowest BCUT2D eigenvalue weighted by Gasteiger charge is -2.15. The number of pyridine rings is 1. The van der Waals surface area contributed by atoms with Crippen LogP contribution < -0.4 is 16.4 Å². The molecule has 19 heavy (non-hydrogen) atoms. The minimum atomic E-state index is -0.519. The van der Waals surface area contributed by atoms with Crippen LogP contribution >= 0.6 is 0 Å². The number of nitrogens with one attached hydrogen (secondary N) is 2. The summed E-state index contributed by atoms with van der Waals surface area (Å²) in [7, 11) is 0. The van der Waals surface area contributed by atoms with Crippen LogP contribution in [0, 0.1) is 5.92 Å². The molecule has 104 valence electrons. The van der Waals surface area contributed by atoms with Crippen molar-refractivity contribution < 1.29 is 9.59 Å². The van der Waals surface area contributed by atoms with Gasteiger partial charge in [-0.25, -0.2) is 0 Å². The Hall–Kier alpha value is -1.95. The van der Waals surface area contributed by atoms with Gasteiger partial charge >= 0.3 is 0 Å². The first-order valence-electron chi connectivity index (χ1n) is 6.24. The minimum Gasteiger partial charge on any atom is -0.353 e. The second-order valence-corrected chi connectivity index (χ2v) is 4.56. The molecule has 0 fully saturated rings. The van der Waals surface area contributed by atoms with Crippen LogP contribution in [0.25, 0.3) is 0 Å². The van der Waals surface area contributed by atoms with Crippen LogP contribution in [0.2, 0.25) is 0 Å². The highest BCUT2D eigenvalue weighted by atomic mass is 16.2. The van der Waals surface area contributed by atoms with E-state index in [1.807, 2.05) is 13.8 Å². The summed E-state index contributed by atoms with van der Waals surface area (Å²) in [6.07, 6.45) is 3.09. The quantitative estimate of drug-likeness (QED) is 0.626. The summed E-state index contributed by atoms with van der Waals surface area (Å²) in [5.74, 6) is -0.328. The molecule has 0 saturated heterocycles. The third-order valence-corrected chi connectivity index (χ3v) is 2.65. The highest BCUT2D eigenvalue weighted by molar-refractivity contribution is 5.93. The van der Waals surface area contributed by atoms with Gasteiger partial charge in [0.25, 0.3) is 5.91 Å². The molecule has 0 saturated carbocycles. The third-order valence-electron chi connectivity index (χ3n) is 2.65. The van der Waals surface area contributed by atoms with Crippen LogP contribution in [0.1, 0.15) is 24.2 Å². The van der Waals surface area contributed by atoms with Crippen molar-refractivity contribution in [1.82, 2.24) is 15.6 Å². The standard InChI is InChI=1S/C13H20N4O2/c1-9(2)11(14)13(19)17-7-6-16-12(18)10-4-3-5-15-8-10/h3-5,8-9,11H,6-7,14H2,1-2H3,(H,16,18)(H,17,19)/t11-/m0/s1. The largest absolute Gasteiger partial charge is 0.353 e. The highest BCUT2D eigenvalue weighted by Crippen LogP contribution is 1.97. The molecule has 6 nitrogen and oxygen atoms in total. The summed E-state index contributed by atoms with van der Waals surface area (Å²) in [4.78, 5) is 27.0. The number of amides is 2. The van der Waals surface area contributed by atoms with Crippen LogP contribution in [-0.2, 0) is 4.79 Å². The maximum atomic E-state index is 11.6. The second kappa shape index (κ2) is 7.48. The number of rotatable bonds is 6. The first kappa shape index (κ1) is 15.1. The number of carbonyl (C=O) groups is 2. The molecular formula is C13H20N4O2. The van der Waals surface area contributed by atoms with Gasteiger partial charge in [0.1, 0.15) is 0 Å². The Kier molecular flexibility index (Phi) is 5.95. The zero-order valence-electron chi connectivity index (χ0n) is 11.2. The van der Waals surface area contributed by atoms with Gasteiger partial charge in [0, 0.05) is 25.5 Å². The Morgan fingerprint density at radius 1 is 1.32 bits per heavy atom. The Morgan fingerprint density at radius 3 is 2.58 bits per heavy atom. The van der Waals surface area contributed by atoms with Crippen molar-refractivity contribution in [3.63, 3.8) is 0 Å². The molecule has 1 aromatic rings. The van der Waals surface area contributed by atoms with E-state index in [9.17, 15) is 9.59 Å². The molecule has 0 aliphatic rings. The molecule has 1 aromatic heterocycles. The van der Waals surface area contributed by atoms with E-state index in [0.717, 1.165) is 0 Å². The molecule has 2 amide bonds. The first-order valence-corrected chi connectivity index (χ1v) is 6.24. The van der Waals surface area contributed by atoms with Crippen LogP contribution in [-0.4, -0.2) is 35.9 Å². The predicted octanol–water partition coefficient (Wildman–Crippen LogP) is -0.0891. The van der Waals surface area contributed by atoms with Gasteiger partial charge in [-0.15, -0.1) is 0 Å². The zero-order chi connectivity index (χ0) is 14.3. The molecule has 4 N–H and O–H groups in total. The van der Waals surface area contributed by atoms with E-state index in [1.165, 1.54) is 6.20 Å². The van der Waals surface area contributed by atoms with Gasteiger partial charge in [0.15, 0.2) is 0 Å². The lowest BCUT2D eigenvalue weighted by molar-refractivity contribution is -0.123. The molecule has 0 unspecified atom stereocenters. The van der Waals surface area contributed by atoms with Crippen molar-refractivity contribution in [3.05, 3.63) is 30.1 Å². The van der Waals surface area contributed by atoms with Gasteiger partial charge in [-0.2, -0.15) is 0 Å². The zero-order valence-corrected chi connectivity index (χ0v) is 11.2. The molecule has 0 aliphatic heterocycles. The van der Waals surface area contributed by atoms with Gasteiger partial charge < -0.3 is 16.4 Å². The molecule has 1 heterocycles.